The molecule has 25 heavy (non-hydrogen) atoms. The average molecular weight is 388 g/mol. The zero-order valence-corrected chi connectivity index (χ0v) is 16.3. The van der Waals surface area contributed by atoms with Crippen molar-refractivity contribution in [3.63, 3.8) is 0 Å². The van der Waals surface area contributed by atoms with E-state index in [1.54, 1.807) is 0 Å². The minimum Gasteiger partial charge on any atom is -0.346 e. The molecule has 2 rings (SSSR count). The van der Waals surface area contributed by atoms with Crippen LogP contribution in [-0.4, -0.2) is 24.4 Å². The number of nitrogens with two attached hydrogens (primary N) is 1. The van der Waals surface area contributed by atoms with Gasteiger partial charge in [0.2, 0.25) is 11.8 Å². The van der Waals surface area contributed by atoms with Crippen LogP contribution in [0.3, 0.4) is 0 Å². The third kappa shape index (κ3) is 5.59. The van der Waals surface area contributed by atoms with Crippen molar-refractivity contribution in [2.24, 2.45) is 11.7 Å². The molecule has 0 spiro atoms. The second-order valence-corrected chi connectivity index (χ2v) is 7.27. The van der Waals surface area contributed by atoms with E-state index >= 15 is 0 Å². The molecule has 1 saturated carbocycles. The minimum absolute atomic E-state index is 0. The Morgan fingerprint density at radius 2 is 1.76 bits per heavy atom. The van der Waals surface area contributed by atoms with Crippen molar-refractivity contribution in [1.82, 2.24) is 10.6 Å². The lowest BCUT2D eigenvalue weighted by molar-refractivity contribution is -0.128. The zero-order valence-electron chi connectivity index (χ0n) is 14.7. The Hall–Kier alpha value is -1.30. The van der Waals surface area contributed by atoms with Gasteiger partial charge >= 0.3 is 0 Å². The summed E-state index contributed by atoms with van der Waals surface area (Å²) in [4.78, 5) is 24.2. The number of hydrogen-bond donors (Lipinski definition) is 3. The minimum atomic E-state index is -0.602. The number of benzene rings is 1. The summed E-state index contributed by atoms with van der Waals surface area (Å²) in [5.41, 5.74) is 6.47. The van der Waals surface area contributed by atoms with Gasteiger partial charge in [-0.3, -0.25) is 9.59 Å². The van der Waals surface area contributed by atoms with Crippen LogP contribution in [-0.2, 0) is 15.1 Å². The lowest BCUT2D eigenvalue weighted by Gasteiger charge is -2.31. The maximum atomic E-state index is 12.3. The normalized spacial score (nSPS) is 16.8. The molecule has 0 aromatic heterocycles. The highest BCUT2D eigenvalue weighted by Gasteiger charge is 2.37. The van der Waals surface area contributed by atoms with Crippen LogP contribution >= 0.6 is 24.0 Å². The topological polar surface area (TPSA) is 84.2 Å². The van der Waals surface area contributed by atoms with Crippen molar-refractivity contribution >= 4 is 35.8 Å². The molecule has 1 aliphatic carbocycles. The van der Waals surface area contributed by atoms with Crippen LogP contribution in [0, 0.1) is 5.92 Å². The molecule has 0 saturated heterocycles. The lowest BCUT2D eigenvalue weighted by atomic mass is 9.88. The second-order valence-electron chi connectivity index (χ2n) is 6.83. The number of hydrogen-bond acceptors (Lipinski definition) is 3. The molecule has 5 nitrogen and oxygen atoms in total. The molecule has 2 amide bonds. The van der Waals surface area contributed by atoms with Crippen LogP contribution in [0.4, 0.5) is 0 Å². The van der Waals surface area contributed by atoms with Gasteiger partial charge in [-0.1, -0.05) is 50.4 Å². The fraction of sp³-hybridized carbons (Fsp3) is 0.556. The molecule has 1 aromatic rings. The average Bonchev–Trinajstić information content (AvgIpc) is 3.01. The van der Waals surface area contributed by atoms with Gasteiger partial charge < -0.3 is 16.4 Å². The summed E-state index contributed by atoms with van der Waals surface area (Å²) in [5.74, 6) is -0.466. The number of amides is 2. The molecule has 4 N–H and O–H groups in total. The molecule has 7 heteroatoms. The Labute approximate surface area is 160 Å². The third-order valence-electron chi connectivity index (χ3n) is 4.68. The van der Waals surface area contributed by atoms with Crippen LogP contribution in [0.15, 0.2) is 24.3 Å². The van der Waals surface area contributed by atoms with Crippen LogP contribution in [0.2, 0.25) is 5.02 Å². The van der Waals surface area contributed by atoms with Crippen molar-refractivity contribution in [2.45, 2.75) is 51.1 Å². The van der Waals surface area contributed by atoms with Crippen molar-refractivity contribution in [2.75, 3.05) is 6.54 Å². The van der Waals surface area contributed by atoms with E-state index in [-0.39, 0.29) is 42.2 Å². The Kier molecular flexibility index (Phi) is 8.19. The number of halogens is 2. The zero-order chi connectivity index (χ0) is 17.7. The number of nitrogens with one attached hydrogen (secondary N) is 2. The first kappa shape index (κ1) is 21.7. The van der Waals surface area contributed by atoms with Gasteiger partial charge in [0.15, 0.2) is 0 Å². The summed E-state index contributed by atoms with van der Waals surface area (Å²) in [6.45, 7) is 3.69. The van der Waals surface area contributed by atoms with Gasteiger partial charge in [-0.15, -0.1) is 12.4 Å². The SMILES string of the molecule is CC(C)[C@H](N)C(=O)NCC(=O)NC1(c2ccc(Cl)cc2)CCCC1.Cl. The highest BCUT2D eigenvalue weighted by atomic mass is 35.5. The highest BCUT2D eigenvalue weighted by molar-refractivity contribution is 6.30. The first-order valence-electron chi connectivity index (χ1n) is 8.44. The Morgan fingerprint density at radius 3 is 2.28 bits per heavy atom. The molecule has 0 aliphatic heterocycles. The standard InChI is InChI=1S/C18H26ClN3O2.ClH/c1-12(2)16(20)17(24)21-11-15(23)22-18(9-3-4-10-18)13-5-7-14(19)8-6-13;/h5-8,12,16H,3-4,9-11,20H2,1-2H3,(H,21,24)(H,22,23);1H/t16-;/m0./s1. The van der Waals surface area contributed by atoms with Gasteiger partial charge in [-0.25, -0.2) is 0 Å². The third-order valence-corrected chi connectivity index (χ3v) is 4.93. The Balaban J connectivity index is 0.00000312. The summed E-state index contributed by atoms with van der Waals surface area (Å²) in [6.07, 6.45) is 3.90. The smallest absolute Gasteiger partial charge is 0.240 e. The Morgan fingerprint density at radius 1 is 1.20 bits per heavy atom. The van der Waals surface area contributed by atoms with Gasteiger partial charge in [0.25, 0.3) is 0 Å². The number of rotatable bonds is 6. The summed E-state index contributed by atoms with van der Waals surface area (Å²) >= 11 is 5.96. The quantitative estimate of drug-likeness (QED) is 0.701. The summed E-state index contributed by atoms with van der Waals surface area (Å²) in [7, 11) is 0. The second kappa shape index (κ2) is 9.41. The fourth-order valence-electron chi connectivity index (χ4n) is 3.13. The predicted octanol–water partition coefficient (Wildman–Crippen LogP) is 2.75. The maximum Gasteiger partial charge on any atom is 0.240 e. The molecule has 1 atom stereocenters. The van der Waals surface area contributed by atoms with E-state index in [2.05, 4.69) is 10.6 Å². The van der Waals surface area contributed by atoms with Gasteiger partial charge in [-0.2, -0.15) is 0 Å². The first-order chi connectivity index (χ1) is 11.3. The van der Waals surface area contributed by atoms with Crippen molar-refractivity contribution < 1.29 is 9.59 Å². The van der Waals surface area contributed by atoms with Crippen molar-refractivity contribution in [3.05, 3.63) is 34.9 Å². The molecule has 1 aromatic carbocycles. The molecular formula is C18H27Cl2N3O2. The monoisotopic (exact) mass is 387 g/mol. The summed E-state index contributed by atoms with van der Waals surface area (Å²) in [5, 5.41) is 6.41. The van der Waals surface area contributed by atoms with E-state index < -0.39 is 6.04 Å². The van der Waals surface area contributed by atoms with E-state index in [1.807, 2.05) is 38.1 Å². The molecule has 0 unspecified atom stereocenters. The van der Waals surface area contributed by atoms with Crippen LogP contribution in [0.5, 0.6) is 0 Å². The van der Waals surface area contributed by atoms with E-state index in [9.17, 15) is 9.59 Å². The van der Waals surface area contributed by atoms with Crippen LogP contribution in [0.1, 0.15) is 45.1 Å². The predicted molar refractivity (Wildman–Crippen MR) is 103 cm³/mol. The van der Waals surface area contributed by atoms with Gasteiger partial charge in [0, 0.05) is 5.02 Å². The van der Waals surface area contributed by atoms with E-state index in [0.717, 1.165) is 31.2 Å². The van der Waals surface area contributed by atoms with Gasteiger partial charge in [0.1, 0.15) is 0 Å². The summed E-state index contributed by atoms with van der Waals surface area (Å²) in [6, 6.07) is 7.00. The van der Waals surface area contributed by atoms with Crippen LogP contribution in [0.25, 0.3) is 0 Å². The molecule has 1 aliphatic rings. The fourth-order valence-corrected chi connectivity index (χ4v) is 3.26. The number of carbonyl (C=O) groups excluding carboxylic acids is 2. The summed E-state index contributed by atoms with van der Waals surface area (Å²) < 4.78 is 0. The van der Waals surface area contributed by atoms with Crippen molar-refractivity contribution in [3.8, 4) is 0 Å². The van der Waals surface area contributed by atoms with Crippen LogP contribution < -0.4 is 16.4 Å². The molecule has 1 fully saturated rings. The Bertz CT molecular complexity index is 584. The lowest BCUT2D eigenvalue weighted by Crippen LogP contribution is -2.51. The maximum absolute atomic E-state index is 12.3. The van der Waals surface area contributed by atoms with E-state index in [0.29, 0.717) is 5.02 Å². The largest absolute Gasteiger partial charge is 0.346 e. The van der Waals surface area contributed by atoms with E-state index in [4.69, 9.17) is 17.3 Å². The highest BCUT2D eigenvalue weighted by Crippen LogP contribution is 2.39. The first-order valence-corrected chi connectivity index (χ1v) is 8.82. The van der Waals surface area contributed by atoms with Crippen molar-refractivity contribution in [1.29, 1.82) is 0 Å². The molecule has 0 heterocycles. The number of carbonyl (C=O) groups is 2. The van der Waals surface area contributed by atoms with Gasteiger partial charge in [0.05, 0.1) is 18.1 Å². The molecule has 0 bridgehead atoms. The van der Waals surface area contributed by atoms with E-state index in [1.165, 1.54) is 0 Å². The molecule has 0 radical (unpaired) electrons. The molecule has 140 valence electrons. The van der Waals surface area contributed by atoms with Gasteiger partial charge in [-0.05, 0) is 36.5 Å². The molecular weight excluding hydrogens is 361 g/mol.